The van der Waals surface area contributed by atoms with Gasteiger partial charge in [-0.25, -0.2) is 18.1 Å². The van der Waals surface area contributed by atoms with Crippen molar-refractivity contribution in [3.05, 3.63) is 16.1 Å². The molecular weight excluding hydrogens is 262 g/mol. The molecule has 8 heteroatoms. The van der Waals surface area contributed by atoms with E-state index in [-0.39, 0.29) is 11.7 Å². The first-order valence-corrected chi connectivity index (χ1v) is 7.59. The highest BCUT2D eigenvalue weighted by Gasteiger charge is 2.37. The summed E-state index contributed by atoms with van der Waals surface area (Å²) in [7, 11) is -3.51. The zero-order valence-electron chi connectivity index (χ0n) is 9.21. The first-order valence-electron chi connectivity index (χ1n) is 5.17. The molecule has 1 unspecified atom stereocenters. The second kappa shape index (κ2) is 4.35. The fourth-order valence-corrected chi connectivity index (χ4v) is 3.29. The predicted molar refractivity (Wildman–Crippen MR) is 64.1 cm³/mol. The lowest BCUT2D eigenvalue weighted by atomic mass is 10.4. The largest absolute Gasteiger partial charge is 0.322 e. The number of rotatable bonds is 4. The molecule has 0 aliphatic heterocycles. The summed E-state index contributed by atoms with van der Waals surface area (Å²) in [6, 6.07) is -0.262. The smallest absolute Gasteiger partial charge is 0.284 e. The van der Waals surface area contributed by atoms with Gasteiger partial charge in [-0.05, 0) is 19.8 Å². The Morgan fingerprint density at radius 2 is 2.29 bits per heavy atom. The van der Waals surface area contributed by atoms with Crippen molar-refractivity contribution in [2.45, 2.75) is 31.1 Å². The molecule has 3 N–H and O–H groups in total. The summed E-state index contributed by atoms with van der Waals surface area (Å²) < 4.78 is 25.1. The number of thiazole rings is 1. The standard InChI is InChI=1S/C9H13N3O3S2/c1-5(10)9-11-7(4-16-9)8(13)12-17(14,15)6-2-3-6/h4-6H,2-3,10H2,1H3,(H,12,13). The van der Waals surface area contributed by atoms with Crippen LogP contribution in [-0.4, -0.2) is 24.6 Å². The van der Waals surface area contributed by atoms with Gasteiger partial charge in [-0.15, -0.1) is 11.3 Å². The van der Waals surface area contributed by atoms with Gasteiger partial charge in [0.2, 0.25) is 10.0 Å². The van der Waals surface area contributed by atoms with Crippen molar-refractivity contribution < 1.29 is 13.2 Å². The van der Waals surface area contributed by atoms with E-state index >= 15 is 0 Å². The quantitative estimate of drug-likeness (QED) is 0.827. The summed E-state index contributed by atoms with van der Waals surface area (Å²) in [4.78, 5) is 15.6. The third-order valence-corrected chi connectivity index (χ3v) is 5.21. The maximum atomic E-state index is 11.6. The Kier molecular flexibility index (Phi) is 3.19. The molecule has 1 saturated carbocycles. The summed E-state index contributed by atoms with van der Waals surface area (Å²) in [5, 5.41) is 1.70. The Balaban J connectivity index is 2.09. The van der Waals surface area contributed by atoms with Crippen molar-refractivity contribution >= 4 is 27.3 Å². The summed E-state index contributed by atoms with van der Waals surface area (Å²) in [5.41, 5.74) is 5.71. The highest BCUT2D eigenvalue weighted by molar-refractivity contribution is 7.91. The van der Waals surface area contributed by atoms with E-state index in [1.807, 2.05) is 4.72 Å². The number of hydrogen-bond acceptors (Lipinski definition) is 6. The van der Waals surface area contributed by atoms with Crippen LogP contribution in [0.25, 0.3) is 0 Å². The molecule has 17 heavy (non-hydrogen) atoms. The number of nitrogens with one attached hydrogen (secondary N) is 1. The molecule has 2 rings (SSSR count). The van der Waals surface area contributed by atoms with Crippen LogP contribution in [0.3, 0.4) is 0 Å². The van der Waals surface area contributed by atoms with Gasteiger partial charge in [-0.2, -0.15) is 0 Å². The molecule has 1 aromatic rings. The summed E-state index contributed by atoms with van der Waals surface area (Å²) >= 11 is 1.24. The van der Waals surface area contributed by atoms with Gasteiger partial charge in [0, 0.05) is 5.38 Å². The fraction of sp³-hybridized carbons (Fsp3) is 0.556. The summed E-state index contributed by atoms with van der Waals surface area (Å²) in [5.74, 6) is -0.681. The molecular formula is C9H13N3O3S2. The van der Waals surface area contributed by atoms with E-state index in [2.05, 4.69) is 4.98 Å². The number of carbonyl (C=O) groups excluding carboxylic acids is 1. The maximum Gasteiger partial charge on any atom is 0.284 e. The van der Waals surface area contributed by atoms with Crippen LogP contribution in [0.15, 0.2) is 5.38 Å². The van der Waals surface area contributed by atoms with Crippen molar-refractivity contribution in [1.29, 1.82) is 0 Å². The van der Waals surface area contributed by atoms with Crippen molar-refractivity contribution in [1.82, 2.24) is 9.71 Å². The molecule has 1 aromatic heterocycles. The first kappa shape index (κ1) is 12.5. The van der Waals surface area contributed by atoms with E-state index in [0.717, 1.165) is 0 Å². The van der Waals surface area contributed by atoms with Crippen LogP contribution < -0.4 is 10.5 Å². The maximum absolute atomic E-state index is 11.6. The Bertz CT molecular complexity index is 531. The van der Waals surface area contributed by atoms with Gasteiger partial charge in [-0.3, -0.25) is 4.79 Å². The molecule has 0 saturated heterocycles. The number of hydrogen-bond donors (Lipinski definition) is 2. The molecule has 0 radical (unpaired) electrons. The van der Waals surface area contributed by atoms with Crippen molar-refractivity contribution in [3.8, 4) is 0 Å². The van der Waals surface area contributed by atoms with Crippen molar-refractivity contribution in [3.63, 3.8) is 0 Å². The Morgan fingerprint density at radius 3 is 2.76 bits per heavy atom. The molecule has 1 amide bonds. The number of nitrogens with zero attached hydrogens (tertiary/aromatic N) is 1. The summed E-state index contributed by atoms with van der Waals surface area (Å²) in [6.45, 7) is 1.75. The molecule has 1 atom stereocenters. The van der Waals surface area contributed by atoms with Crippen LogP contribution in [0.1, 0.15) is 41.3 Å². The number of amides is 1. The monoisotopic (exact) mass is 275 g/mol. The highest BCUT2D eigenvalue weighted by atomic mass is 32.2. The zero-order valence-corrected chi connectivity index (χ0v) is 10.8. The van der Waals surface area contributed by atoms with Crippen LogP contribution in [0.5, 0.6) is 0 Å². The van der Waals surface area contributed by atoms with Gasteiger partial charge >= 0.3 is 0 Å². The van der Waals surface area contributed by atoms with Gasteiger partial charge in [0.1, 0.15) is 10.7 Å². The van der Waals surface area contributed by atoms with Crippen LogP contribution in [0.2, 0.25) is 0 Å². The van der Waals surface area contributed by atoms with E-state index in [4.69, 9.17) is 5.73 Å². The number of aromatic nitrogens is 1. The third kappa shape index (κ3) is 2.82. The molecule has 0 aromatic carbocycles. The van der Waals surface area contributed by atoms with E-state index in [1.165, 1.54) is 16.7 Å². The highest BCUT2D eigenvalue weighted by Crippen LogP contribution is 2.27. The molecule has 6 nitrogen and oxygen atoms in total. The second-order valence-corrected chi connectivity index (χ2v) is 6.89. The normalized spacial score (nSPS) is 17.8. The lowest BCUT2D eigenvalue weighted by Crippen LogP contribution is -2.33. The van der Waals surface area contributed by atoms with E-state index < -0.39 is 21.2 Å². The number of carbonyl (C=O) groups is 1. The van der Waals surface area contributed by atoms with Gasteiger partial charge in [0.25, 0.3) is 5.91 Å². The average Bonchev–Trinajstić information content (AvgIpc) is 2.95. The van der Waals surface area contributed by atoms with Gasteiger partial charge in [0.05, 0.1) is 11.3 Å². The van der Waals surface area contributed by atoms with Crippen molar-refractivity contribution in [2.24, 2.45) is 5.73 Å². The average molecular weight is 275 g/mol. The lowest BCUT2D eigenvalue weighted by Gasteiger charge is -2.03. The second-order valence-electron chi connectivity index (χ2n) is 4.04. The minimum atomic E-state index is -3.51. The predicted octanol–water partition coefficient (Wildman–Crippen LogP) is 0.385. The van der Waals surface area contributed by atoms with E-state index in [9.17, 15) is 13.2 Å². The summed E-state index contributed by atoms with van der Waals surface area (Å²) in [6.07, 6.45) is 1.23. The zero-order chi connectivity index (χ0) is 12.6. The van der Waals surface area contributed by atoms with Crippen LogP contribution >= 0.6 is 11.3 Å². The minimum absolute atomic E-state index is 0.103. The van der Waals surface area contributed by atoms with Gasteiger partial charge in [0.15, 0.2) is 0 Å². The SMILES string of the molecule is CC(N)c1nc(C(=O)NS(=O)(=O)C2CC2)cs1. The fourth-order valence-electron chi connectivity index (χ4n) is 1.24. The minimum Gasteiger partial charge on any atom is -0.322 e. The molecule has 0 spiro atoms. The number of sulfonamides is 1. The molecule has 94 valence electrons. The Hall–Kier alpha value is -0.990. The van der Waals surface area contributed by atoms with Crippen LogP contribution in [-0.2, 0) is 10.0 Å². The van der Waals surface area contributed by atoms with Crippen molar-refractivity contribution in [2.75, 3.05) is 0 Å². The molecule has 1 fully saturated rings. The molecule has 1 aliphatic carbocycles. The van der Waals surface area contributed by atoms with Crippen LogP contribution in [0.4, 0.5) is 0 Å². The number of nitrogens with two attached hydrogens (primary N) is 1. The van der Waals surface area contributed by atoms with E-state index in [0.29, 0.717) is 17.8 Å². The lowest BCUT2D eigenvalue weighted by molar-refractivity contribution is 0.0977. The Labute approximate surface area is 103 Å². The first-order chi connectivity index (χ1) is 7.90. The Morgan fingerprint density at radius 1 is 1.65 bits per heavy atom. The topological polar surface area (TPSA) is 102 Å². The van der Waals surface area contributed by atoms with Crippen LogP contribution in [0, 0.1) is 0 Å². The van der Waals surface area contributed by atoms with E-state index in [1.54, 1.807) is 6.92 Å². The molecule has 1 heterocycles. The molecule has 1 aliphatic rings. The van der Waals surface area contributed by atoms with Gasteiger partial charge in [-0.1, -0.05) is 0 Å². The molecule has 0 bridgehead atoms. The van der Waals surface area contributed by atoms with Gasteiger partial charge < -0.3 is 5.73 Å². The third-order valence-electron chi connectivity index (χ3n) is 2.34.